The zero-order chi connectivity index (χ0) is 13.9. The van der Waals surface area contributed by atoms with E-state index >= 15 is 0 Å². The number of aromatic nitrogens is 2. The van der Waals surface area contributed by atoms with Gasteiger partial charge >= 0.3 is 0 Å². The van der Waals surface area contributed by atoms with Crippen LogP contribution in [0.2, 0.25) is 0 Å². The third-order valence-corrected chi connectivity index (χ3v) is 4.17. The van der Waals surface area contributed by atoms with Crippen LogP contribution in [-0.2, 0) is 0 Å². The first-order valence-corrected chi connectivity index (χ1v) is 7.07. The Morgan fingerprint density at radius 3 is 2.90 bits per heavy atom. The van der Waals surface area contributed by atoms with Crippen molar-refractivity contribution in [1.29, 1.82) is 0 Å². The van der Waals surface area contributed by atoms with Gasteiger partial charge in [0.25, 0.3) is 0 Å². The molecule has 0 radical (unpaired) electrons. The number of nitrogens with two attached hydrogens (primary N) is 1. The van der Waals surface area contributed by atoms with Gasteiger partial charge in [0.2, 0.25) is 0 Å². The lowest BCUT2D eigenvalue weighted by atomic mass is 9.99. The topological polar surface area (TPSA) is 90.9 Å². The van der Waals surface area contributed by atoms with Crippen LogP contribution in [0, 0.1) is 0 Å². The molecule has 1 atom stereocenters. The summed E-state index contributed by atoms with van der Waals surface area (Å²) in [5, 5.41) is 11.5. The zero-order valence-corrected chi connectivity index (χ0v) is 11.4. The van der Waals surface area contributed by atoms with E-state index in [0.717, 1.165) is 25.5 Å². The van der Waals surface area contributed by atoms with Crippen molar-refractivity contribution >= 4 is 11.7 Å². The normalized spacial score (nSPS) is 24.5. The Kier molecular flexibility index (Phi) is 3.68. The largest absolute Gasteiger partial charge is 0.409 e. The number of nitrogens with zero attached hydrogens (tertiary/aromatic N) is 5. The highest BCUT2D eigenvalue weighted by atomic mass is 16.4. The summed E-state index contributed by atoms with van der Waals surface area (Å²) in [7, 11) is 0. The third kappa shape index (κ3) is 2.53. The van der Waals surface area contributed by atoms with Crippen LogP contribution in [0.4, 0.5) is 5.82 Å². The number of hydrogen-bond donors (Lipinski definition) is 2. The molecule has 2 fully saturated rings. The maximum absolute atomic E-state index is 8.61. The van der Waals surface area contributed by atoms with Gasteiger partial charge in [0.15, 0.2) is 5.84 Å². The number of rotatable bonds is 2. The fourth-order valence-corrected chi connectivity index (χ4v) is 3.03. The Balaban J connectivity index is 1.70. The van der Waals surface area contributed by atoms with Gasteiger partial charge in [-0.2, -0.15) is 0 Å². The second kappa shape index (κ2) is 5.62. The summed E-state index contributed by atoms with van der Waals surface area (Å²) in [5.74, 6) is 0.853. The summed E-state index contributed by atoms with van der Waals surface area (Å²) in [6.45, 7) is 4.31. The minimum atomic E-state index is -0.0128. The van der Waals surface area contributed by atoms with Crippen LogP contribution in [0.15, 0.2) is 17.5 Å². The molecular weight excluding hydrogens is 256 g/mol. The number of hydrogen-bond acceptors (Lipinski definition) is 6. The quantitative estimate of drug-likeness (QED) is 0.348. The summed E-state index contributed by atoms with van der Waals surface area (Å²) < 4.78 is 0. The Bertz CT molecular complexity index is 488. The molecule has 1 unspecified atom stereocenters. The lowest BCUT2D eigenvalue weighted by Gasteiger charge is -2.44. The monoisotopic (exact) mass is 276 g/mol. The van der Waals surface area contributed by atoms with Gasteiger partial charge in [0.05, 0.1) is 12.4 Å². The second-order valence-electron chi connectivity index (χ2n) is 5.38. The molecule has 3 rings (SSSR count). The number of fused-ring (bicyclic) bond motifs is 1. The van der Waals surface area contributed by atoms with Crippen LogP contribution in [0.5, 0.6) is 0 Å². The molecule has 7 nitrogen and oxygen atoms in total. The predicted molar refractivity (Wildman–Crippen MR) is 76.0 cm³/mol. The Morgan fingerprint density at radius 1 is 1.25 bits per heavy atom. The number of anilines is 1. The average Bonchev–Trinajstić information content (AvgIpc) is 2.54. The van der Waals surface area contributed by atoms with Gasteiger partial charge in [-0.3, -0.25) is 4.90 Å². The molecule has 0 amide bonds. The van der Waals surface area contributed by atoms with Crippen molar-refractivity contribution in [1.82, 2.24) is 14.9 Å². The number of amidine groups is 1. The van der Waals surface area contributed by atoms with E-state index in [4.69, 9.17) is 10.9 Å². The molecule has 20 heavy (non-hydrogen) atoms. The second-order valence-corrected chi connectivity index (χ2v) is 5.38. The minimum Gasteiger partial charge on any atom is -0.409 e. The van der Waals surface area contributed by atoms with E-state index in [9.17, 15) is 0 Å². The Labute approximate surface area is 118 Å². The summed E-state index contributed by atoms with van der Waals surface area (Å²) in [6, 6.07) is 0.642. The molecule has 2 aliphatic heterocycles. The molecule has 0 spiro atoms. The Morgan fingerprint density at radius 2 is 2.15 bits per heavy atom. The van der Waals surface area contributed by atoms with Gasteiger partial charge in [-0.05, 0) is 19.4 Å². The predicted octanol–water partition coefficient (Wildman–Crippen LogP) is 0.246. The van der Waals surface area contributed by atoms with Crippen LogP contribution >= 0.6 is 0 Å². The highest BCUT2D eigenvalue weighted by Crippen LogP contribution is 2.23. The van der Waals surface area contributed by atoms with Crippen molar-refractivity contribution < 1.29 is 5.21 Å². The van der Waals surface area contributed by atoms with E-state index in [1.165, 1.54) is 25.8 Å². The van der Waals surface area contributed by atoms with Crippen molar-refractivity contribution in [2.45, 2.75) is 25.3 Å². The van der Waals surface area contributed by atoms with Crippen LogP contribution in [0.1, 0.15) is 25.0 Å². The van der Waals surface area contributed by atoms with Gasteiger partial charge in [0, 0.05) is 25.7 Å². The molecule has 108 valence electrons. The van der Waals surface area contributed by atoms with E-state index in [1.54, 1.807) is 12.4 Å². The molecule has 0 saturated carbocycles. The van der Waals surface area contributed by atoms with E-state index in [-0.39, 0.29) is 5.84 Å². The standard InChI is InChI=1S/C13H20N6O/c14-13(17-20)11-7-16-12(8-15-11)19-6-5-18-4-2-1-3-10(18)9-19/h7-8,10,20H,1-6,9H2,(H2,14,17). The smallest absolute Gasteiger partial charge is 0.190 e. The molecule has 3 N–H and O–H groups in total. The molecule has 2 aliphatic rings. The molecule has 3 heterocycles. The van der Waals surface area contributed by atoms with E-state index in [1.807, 2.05) is 0 Å². The molecule has 0 bridgehead atoms. The van der Waals surface area contributed by atoms with Crippen molar-refractivity contribution in [3.63, 3.8) is 0 Å². The van der Waals surface area contributed by atoms with E-state index < -0.39 is 0 Å². The molecule has 2 saturated heterocycles. The lowest BCUT2D eigenvalue weighted by Crippen LogP contribution is -2.55. The molecule has 0 aliphatic carbocycles. The fraction of sp³-hybridized carbons (Fsp3) is 0.615. The van der Waals surface area contributed by atoms with E-state index in [0.29, 0.717) is 11.7 Å². The van der Waals surface area contributed by atoms with Crippen molar-refractivity contribution in [2.75, 3.05) is 31.1 Å². The summed E-state index contributed by atoms with van der Waals surface area (Å²) in [4.78, 5) is 13.4. The molecule has 1 aromatic heterocycles. The number of oxime groups is 1. The van der Waals surface area contributed by atoms with Crippen molar-refractivity contribution in [2.24, 2.45) is 10.9 Å². The third-order valence-electron chi connectivity index (χ3n) is 4.17. The maximum Gasteiger partial charge on any atom is 0.190 e. The first-order valence-electron chi connectivity index (χ1n) is 7.07. The molecule has 0 aromatic carbocycles. The summed E-state index contributed by atoms with van der Waals surface area (Å²) in [6.07, 6.45) is 7.17. The first-order chi connectivity index (χ1) is 9.78. The van der Waals surface area contributed by atoms with E-state index in [2.05, 4.69) is 24.9 Å². The summed E-state index contributed by atoms with van der Waals surface area (Å²) in [5.41, 5.74) is 5.88. The molecule has 1 aromatic rings. The van der Waals surface area contributed by atoms with Crippen molar-refractivity contribution in [3.8, 4) is 0 Å². The van der Waals surface area contributed by atoms with Gasteiger partial charge in [-0.15, -0.1) is 0 Å². The van der Waals surface area contributed by atoms with Gasteiger partial charge in [-0.25, -0.2) is 9.97 Å². The van der Waals surface area contributed by atoms with Crippen molar-refractivity contribution in [3.05, 3.63) is 18.1 Å². The number of piperazine rings is 1. The average molecular weight is 276 g/mol. The van der Waals surface area contributed by atoms with Gasteiger partial charge in [-0.1, -0.05) is 11.6 Å². The highest BCUT2D eigenvalue weighted by molar-refractivity contribution is 5.94. The minimum absolute atomic E-state index is 0.0128. The fourth-order valence-electron chi connectivity index (χ4n) is 3.03. The zero-order valence-electron chi connectivity index (χ0n) is 11.4. The van der Waals surface area contributed by atoms with Crippen LogP contribution in [-0.4, -0.2) is 58.1 Å². The van der Waals surface area contributed by atoms with Crippen LogP contribution in [0.3, 0.4) is 0 Å². The van der Waals surface area contributed by atoms with Gasteiger partial charge in [0.1, 0.15) is 11.5 Å². The van der Waals surface area contributed by atoms with Crippen LogP contribution in [0.25, 0.3) is 0 Å². The molecule has 7 heteroatoms. The van der Waals surface area contributed by atoms with Gasteiger partial charge < -0.3 is 15.8 Å². The maximum atomic E-state index is 8.61. The Hall–Kier alpha value is -1.89. The number of piperidine rings is 1. The first kappa shape index (κ1) is 13.1. The molecular formula is C13H20N6O. The summed E-state index contributed by atoms with van der Waals surface area (Å²) >= 11 is 0. The SMILES string of the molecule is NC(=NO)c1cnc(N2CCN3CCCCC3C2)cn1. The van der Waals surface area contributed by atoms with Crippen LogP contribution < -0.4 is 10.6 Å². The lowest BCUT2D eigenvalue weighted by molar-refractivity contribution is 0.133. The highest BCUT2D eigenvalue weighted by Gasteiger charge is 2.29.